The number of hydrogen-bond acceptors (Lipinski definition) is 3. The van der Waals surface area contributed by atoms with Crippen LogP contribution in [0.25, 0.3) is 11.0 Å². The molecule has 0 unspecified atom stereocenters. The Kier molecular flexibility index (Phi) is 4.10. The highest BCUT2D eigenvalue weighted by Crippen LogP contribution is 2.13. The molecule has 1 aromatic carbocycles. The highest BCUT2D eigenvalue weighted by molar-refractivity contribution is 5.92. The van der Waals surface area contributed by atoms with Gasteiger partial charge >= 0.3 is 12.1 Å². The van der Waals surface area contributed by atoms with Crippen LogP contribution < -0.4 is 5.73 Å². The van der Waals surface area contributed by atoms with Crippen LogP contribution in [-0.2, 0) is 4.79 Å². The minimum atomic E-state index is -5.08. The average molecular weight is 275 g/mol. The largest absolute Gasteiger partial charge is 0.490 e. The number of carbonyl (C=O) groups is 2. The lowest BCUT2D eigenvalue weighted by Crippen LogP contribution is -2.21. The molecule has 0 bridgehead atoms. The van der Waals surface area contributed by atoms with Crippen LogP contribution in [-0.4, -0.2) is 33.1 Å². The summed E-state index contributed by atoms with van der Waals surface area (Å²) in [6.07, 6.45) is -5.08. The van der Waals surface area contributed by atoms with Crippen molar-refractivity contribution < 1.29 is 27.9 Å². The SMILES string of the molecule is NC(=O)c1nc2ccccc2[nH]1.O=C(O)C(F)(F)F. The molecular formula is C10H8F3N3O3. The van der Waals surface area contributed by atoms with E-state index in [0.717, 1.165) is 11.0 Å². The van der Waals surface area contributed by atoms with Gasteiger partial charge in [-0.05, 0) is 12.1 Å². The molecule has 0 aliphatic heterocycles. The minimum Gasteiger partial charge on any atom is -0.475 e. The summed E-state index contributed by atoms with van der Waals surface area (Å²) in [6, 6.07) is 7.38. The molecule has 1 aromatic heterocycles. The van der Waals surface area contributed by atoms with E-state index in [1.165, 1.54) is 0 Å². The number of primary amides is 1. The summed E-state index contributed by atoms with van der Waals surface area (Å²) in [7, 11) is 0. The minimum absolute atomic E-state index is 0.205. The van der Waals surface area contributed by atoms with Crippen molar-refractivity contribution in [1.82, 2.24) is 9.97 Å². The van der Waals surface area contributed by atoms with Crippen molar-refractivity contribution in [3.8, 4) is 0 Å². The molecule has 102 valence electrons. The monoisotopic (exact) mass is 275 g/mol. The molecule has 9 heteroatoms. The van der Waals surface area contributed by atoms with Crippen molar-refractivity contribution in [2.24, 2.45) is 5.73 Å². The van der Waals surface area contributed by atoms with Gasteiger partial charge in [-0.1, -0.05) is 12.1 Å². The topological polar surface area (TPSA) is 109 Å². The number of aromatic nitrogens is 2. The number of aromatic amines is 1. The summed E-state index contributed by atoms with van der Waals surface area (Å²) in [5, 5.41) is 7.12. The van der Waals surface area contributed by atoms with E-state index in [-0.39, 0.29) is 5.82 Å². The molecule has 2 aromatic rings. The van der Waals surface area contributed by atoms with Gasteiger partial charge in [0.05, 0.1) is 11.0 Å². The number of benzene rings is 1. The number of para-hydroxylation sites is 2. The van der Waals surface area contributed by atoms with Crippen molar-refractivity contribution in [3.63, 3.8) is 0 Å². The molecule has 0 saturated carbocycles. The van der Waals surface area contributed by atoms with Crippen molar-refractivity contribution in [2.45, 2.75) is 6.18 Å². The van der Waals surface area contributed by atoms with Crippen LogP contribution in [0, 0.1) is 0 Å². The maximum atomic E-state index is 10.7. The number of nitrogens with one attached hydrogen (secondary N) is 1. The Balaban J connectivity index is 0.000000224. The number of fused-ring (bicyclic) bond motifs is 1. The van der Waals surface area contributed by atoms with Gasteiger partial charge in [0.15, 0.2) is 5.82 Å². The van der Waals surface area contributed by atoms with Gasteiger partial charge in [-0.3, -0.25) is 4.79 Å². The molecule has 4 N–H and O–H groups in total. The van der Waals surface area contributed by atoms with E-state index in [0.29, 0.717) is 0 Å². The Morgan fingerprint density at radius 1 is 1.26 bits per heavy atom. The molecule has 1 heterocycles. The number of rotatable bonds is 1. The standard InChI is InChI=1S/C8H7N3O.C2HF3O2/c9-7(12)8-10-5-3-1-2-4-6(5)11-8;3-2(4,5)1(6)7/h1-4H,(H2,9,12)(H,10,11);(H,6,7). The van der Waals surface area contributed by atoms with Gasteiger partial charge in [0.25, 0.3) is 5.91 Å². The van der Waals surface area contributed by atoms with E-state index in [4.69, 9.17) is 15.6 Å². The van der Waals surface area contributed by atoms with Gasteiger partial charge in [-0.15, -0.1) is 0 Å². The number of hydrogen-bond donors (Lipinski definition) is 3. The fourth-order valence-corrected chi connectivity index (χ4v) is 1.07. The number of carboxylic acids is 1. The van der Waals surface area contributed by atoms with Crippen molar-refractivity contribution in [1.29, 1.82) is 0 Å². The third-order valence-corrected chi connectivity index (χ3v) is 1.87. The van der Waals surface area contributed by atoms with Crippen LogP contribution in [0.2, 0.25) is 0 Å². The molecule has 0 radical (unpaired) electrons. The maximum absolute atomic E-state index is 10.7. The van der Waals surface area contributed by atoms with Gasteiger partial charge < -0.3 is 15.8 Å². The van der Waals surface area contributed by atoms with Gasteiger partial charge in [0, 0.05) is 0 Å². The average Bonchev–Trinajstić information content (AvgIpc) is 2.72. The number of nitrogens with zero attached hydrogens (tertiary/aromatic N) is 1. The number of H-pyrrole nitrogens is 1. The molecule has 1 amide bonds. The Labute approximate surface area is 104 Å². The highest BCUT2D eigenvalue weighted by atomic mass is 19.4. The molecule has 0 spiro atoms. The molecule has 0 aliphatic carbocycles. The predicted octanol–water partition coefficient (Wildman–Crippen LogP) is 1.30. The number of halogens is 3. The van der Waals surface area contributed by atoms with Crippen LogP contribution in [0.15, 0.2) is 24.3 Å². The van der Waals surface area contributed by atoms with E-state index in [9.17, 15) is 18.0 Å². The lowest BCUT2D eigenvalue weighted by molar-refractivity contribution is -0.192. The zero-order valence-electron chi connectivity index (χ0n) is 9.23. The Morgan fingerprint density at radius 2 is 1.79 bits per heavy atom. The van der Waals surface area contributed by atoms with E-state index >= 15 is 0 Å². The first-order valence-electron chi connectivity index (χ1n) is 4.76. The molecule has 0 saturated heterocycles. The zero-order valence-corrected chi connectivity index (χ0v) is 9.23. The maximum Gasteiger partial charge on any atom is 0.490 e. The first-order chi connectivity index (χ1) is 8.71. The van der Waals surface area contributed by atoms with E-state index < -0.39 is 18.1 Å². The number of carbonyl (C=O) groups excluding carboxylic acids is 1. The van der Waals surface area contributed by atoms with Gasteiger partial charge in [-0.25, -0.2) is 9.78 Å². The smallest absolute Gasteiger partial charge is 0.475 e. The normalized spacial score (nSPS) is 10.7. The van der Waals surface area contributed by atoms with Gasteiger partial charge in [0.1, 0.15) is 0 Å². The molecule has 19 heavy (non-hydrogen) atoms. The zero-order chi connectivity index (χ0) is 14.6. The lowest BCUT2D eigenvalue weighted by atomic mass is 10.3. The second-order valence-electron chi connectivity index (χ2n) is 3.27. The Hall–Kier alpha value is -2.58. The summed E-state index contributed by atoms with van der Waals surface area (Å²) >= 11 is 0. The Bertz CT molecular complexity index is 574. The quantitative estimate of drug-likeness (QED) is 0.728. The van der Waals surface area contributed by atoms with Crippen molar-refractivity contribution in [2.75, 3.05) is 0 Å². The Morgan fingerprint density at radius 3 is 2.21 bits per heavy atom. The third kappa shape index (κ3) is 3.98. The summed E-state index contributed by atoms with van der Waals surface area (Å²) in [5.74, 6) is -3.09. The molecule has 0 fully saturated rings. The molecule has 0 atom stereocenters. The fourth-order valence-electron chi connectivity index (χ4n) is 1.07. The van der Waals surface area contributed by atoms with Crippen molar-refractivity contribution in [3.05, 3.63) is 30.1 Å². The van der Waals surface area contributed by atoms with E-state index in [2.05, 4.69) is 9.97 Å². The highest BCUT2D eigenvalue weighted by Gasteiger charge is 2.38. The van der Waals surface area contributed by atoms with Crippen LogP contribution in [0.3, 0.4) is 0 Å². The van der Waals surface area contributed by atoms with Gasteiger partial charge in [0.2, 0.25) is 0 Å². The predicted molar refractivity (Wildman–Crippen MR) is 58.3 cm³/mol. The van der Waals surface area contributed by atoms with Crippen LogP contribution in [0.5, 0.6) is 0 Å². The number of amides is 1. The molecule has 0 aliphatic rings. The fraction of sp³-hybridized carbons (Fsp3) is 0.100. The lowest BCUT2D eigenvalue weighted by Gasteiger charge is -1.93. The summed E-state index contributed by atoms with van der Waals surface area (Å²) < 4.78 is 31.7. The van der Waals surface area contributed by atoms with Crippen LogP contribution in [0.1, 0.15) is 10.6 Å². The second kappa shape index (κ2) is 5.38. The number of aliphatic carboxylic acids is 1. The van der Waals surface area contributed by atoms with Crippen molar-refractivity contribution >= 4 is 22.9 Å². The summed E-state index contributed by atoms with van der Waals surface area (Å²) in [4.78, 5) is 26.4. The first kappa shape index (κ1) is 14.5. The molecular weight excluding hydrogens is 267 g/mol. The summed E-state index contributed by atoms with van der Waals surface area (Å²) in [5.41, 5.74) is 6.63. The van der Waals surface area contributed by atoms with Crippen LogP contribution >= 0.6 is 0 Å². The second-order valence-corrected chi connectivity index (χ2v) is 3.27. The first-order valence-corrected chi connectivity index (χ1v) is 4.76. The molecule has 6 nitrogen and oxygen atoms in total. The third-order valence-electron chi connectivity index (χ3n) is 1.87. The van der Waals surface area contributed by atoms with Gasteiger partial charge in [-0.2, -0.15) is 13.2 Å². The number of imidazole rings is 1. The molecule has 2 rings (SSSR count). The number of alkyl halides is 3. The number of carboxylic acid groups (broad SMARTS) is 1. The van der Waals surface area contributed by atoms with E-state index in [1.54, 1.807) is 0 Å². The number of nitrogens with two attached hydrogens (primary N) is 1. The van der Waals surface area contributed by atoms with E-state index in [1.807, 2.05) is 24.3 Å². The summed E-state index contributed by atoms with van der Waals surface area (Å²) in [6.45, 7) is 0. The van der Waals surface area contributed by atoms with Crippen LogP contribution in [0.4, 0.5) is 13.2 Å².